The third-order valence-corrected chi connectivity index (χ3v) is 3.68. The number of alkyl halides is 3. The van der Waals surface area contributed by atoms with Gasteiger partial charge < -0.3 is 9.84 Å². The van der Waals surface area contributed by atoms with Gasteiger partial charge in [0.25, 0.3) is 5.95 Å². The fourth-order valence-corrected chi connectivity index (χ4v) is 2.33. The van der Waals surface area contributed by atoms with Gasteiger partial charge in [0, 0.05) is 10.6 Å². The number of aliphatic hydroxyl groups is 1. The van der Waals surface area contributed by atoms with E-state index in [9.17, 15) is 13.2 Å². The van der Waals surface area contributed by atoms with Crippen molar-refractivity contribution >= 4 is 11.6 Å². The summed E-state index contributed by atoms with van der Waals surface area (Å²) in [7, 11) is 0. The van der Waals surface area contributed by atoms with Crippen LogP contribution < -0.4 is 4.74 Å². The van der Waals surface area contributed by atoms with E-state index in [1.54, 1.807) is 0 Å². The average Bonchev–Trinajstić information content (AvgIpc) is 3.09. The third kappa shape index (κ3) is 3.92. The summed E-state index contributed by atoms with van der Waals surface area (Å²) in [5.41, 5.74) is -0.691. The fourth-order valence-electron chi connectivity index (χ4n) is 2.10. The van der Waals surface area contributed by atoms with Crippen LogP contribution in [0.5, 0.6) is 5.75 Å². The van der Waals surface area contributed by atoms with Crippen LogP contribution in [-0.2, 0) is 19.4 Å². The van der Waals surface area contributed by atoms with Gasteiger partial charge in [-0.1, -0.05) is 22.9 Å². The zero-order chi connectivity index (χ0) is 18.7. The van der Waals surface area contributed by atoms with Gasteiger partial charge in [-0.15, -0.1) is 5.10 Å². The molecule has 0 aliphatic carbocycles. The lowest BCUT2D eigenvalue weighted by molar-refractivity contribution is -0.138. The van der Waals surface area contributed by atoms with Gasteiger partial charge in [-0.25, -0.2) is 9.97 Å². The Kier molecular flexibility index (Phi) is 5.05. The van der Waals surface area contributed by atoms with Gasteiger partial charge in [-0.05, 0) is 12.1 Å². The zero-order valence-corrected chi connectivity index (χ0v) is 13.7. The minimum atomic E-state index is -4.54. The van der Waals surface area contributed by atoms with E-state index >= 15 is 0 Å². The molecule has 0 atom stereocenters. The summed E-state index contributed by atoms with van der Waals surface area (Å²) in [6.07, 6.45) is -0.532. The molecule has 1 N–H and O–H groups in total. The highest BCUT2D eigenvalue weighted by Crippen LogP contribution is 2.35. The molecule has 3 aromatic rings. The number of hydrogen-bond acceptors (Lipinski definition) is 6. The van der Waals surface area contributed by atoms with Gasteiger partial charge in [0.05, 0.1) is 30.8 Å². The summed E-state index contributed by atoms with van der Waals surface area (Å²) < 4.78 is 45.7. The second kappa shape index (κ2) is 7.26. The van der Waals surface area contributed by atoms with Crippen molar-refractivity contribution in [1.29, 1.82) is 0 Å². The van der Waals surface area contributed by atoms with Crippen molar-refractivity contribution in [2.75, 3.05) is 0 Å². The fraction of sp³-hybridized carbons (Fsp3) is 0.200. The van der Waals surface area contributed by atoms with Crippen molar-refractivity contribution < 1.29 is 23.0 Å². The van der Waals surface area contributed by atoms with E-state index in [0.717, 1.165) is 6.07 Å². The largest absolute Gasteiger partial charge is 0.486 e. The maximum Gasteiger partial charge on any atom is 0.416 e. The molecule has 7 nitrogen and oxygen atoms in total. The van der Waals surface area contributed by atoms with E-state index in [0.29, 0.717) is 5.69 Å². The molecule has 0 aliphatic rings. The van der Waals surface area contributed by atoms with Gasteiger partial charge in [0.15, 0.2) is 5.75 Å². The van der Waals surface area contributed by atoms with Crippen molar-refractivity contribution in [2.45, 2.75) is 19.4 Å². The van der Waals surface area contributed by atoms with E-state index in [4.69, 9.17) is 21.4 Å². The average molecular weight is 386 g/mol. The van der Waals surface area contributed by atoms with E-state index in [1.165, 1.54) is 35.4 Å². The first-order chi connectivity index (χ1) is 12.4. The molecular formula is C15H11ClF3N5O2. The van der Waals surface area contributed by atoms with Crippen molar-refractivity contribution in [2.24, 2.45) is 0 Å². The lowest BCUT2D eigenvalue weighted by Gasteiger charge is -2.14. The summed E-state index contributed by atoms with van der Waals surface area (Å²) in [6, 6.07) is 3.53. The second-order valence-corrected chi connectivity index (χ2v) is 5.49. The van der Waals surface area contributed by atoms with Crippen LogP contribution in [0.15, 0.2) is 36.8 Å². The number of halogens is 4. The van der Waals surface area contributed by atoms with Gasteiger partial charge in [0.1, 0.15) is 12.3 Å². The standard InChI is InChI=1S/C15H11ClF3N5O2/c16-13-3-1-2-12(15(17,18)19)11(13)8-26-10-4-20-14(21-5-10)24-6-9(7-25)22-23-24/h1-6,25H,7-8H2. The number of ether oxygens (including phenoxy) is 1. The molecule has 136 valence electrons. The molecule has 0 fully saturated rings. The van der Waals surface area contributed by atoms with Crippen LogP contribution in [0.3, 0.4) is 0 Å². The Morgan fingerprint density at radius 1 is 1.19 bits per heavy atom. The second-order valence-electron chi connectivity index (χ2n) is 5.08. The highest BCUT2D eigenvalue weighted by molar-refractivity contribution is 6.31. The van der Waals surface area contributed by atoms with Gasteiger partial charge >= 0.3 is 6.18 Å². The summed E-state index contributed by atoms with van der Waals surface area (Å²) in [4.78, 5) is 7.98. The molecule has 11 heteroatoms. The van der Waals surface area contributed by atoms with Crippen LogP contribution in [0.25, 0.3) is 5.95 Å². The molecular weight excluding hydrogens is 375 g/mol. The molecule has 0 unspecified atom stereocenters. The first kappa shape index (κ1) is 18.1. The molecule has 0 radical (unpaired) electrons. The Bertz CT molecular complexity index is 899. The highest BCUT2D eigenvalue weighted by atomic mass is 35.5. The number of benzene rings is 1. The topological polar surface area (TPSA) is 86.0 Å². The van der Waals surface area contributed by atoms with Crippen molar-refractivity contribution in [3.8, 4) is 11.7 Å². The molecule has 0 bridgehead atoms. The summed E-state index contributed by atoms with van der Waals surface area (Å²) >= 11 is 5.87. The number of hydrogen-bond donors (Lipinski definition) is 1. The Labute approximate surface area is 150 Å². The monoisotopic (exact) mass is 385 g/mol. The first-order valence-electron chi connectivity index (χ1n) is 7.20. The van der Waals surface area contributed by atoms with Crippen LogP contribution in [0, 0.1) is 0 Å². The number of nitrogens with zero attached hydrogens (tertiary/aromatic N) is 5. The number of aromatic nitrogens is 5. The van der Waals surface area contributed by atoms with Gasteiger partial charge in [-0.2, -0.15) is 17.9 Å². The van der Waals surface area contributed by atoms with E-state index in [-0.39, 0.29) is 28.9 Å². The number of aliphatic hydroxyl groups excluding tert-OH is 1. The Hall–Kier alpha value is -2.72. The van der Waals surface area contributed by atoms with E-state index in [2.05, 4.69) is 20.3 Å². The summed E-state index contributed by atoms with van der Waals surface area (Å²) in [6.45, 7) is -0.671. The van der Waals surface area contributed by atoms with Crippen molar-refractivity contribution in [1.82, 2.24) is 25.0 Å². The molecule has 0 saturated heterocycles. The van der Waals surface area contributed by atoms with Crippen LogP contribution in [0.2, 0.25) is 5.02 Å². The van der Waals surface area contributed by atoms with Gasteiger partial charge in [-0.3, -0.25) is 0 Å². The Morgan fingerprint density at radius 2 is 1.92 bits per heavy atom. The number of rotatable bonds is 5. The normalized spacial score (nSPS) is 11.6. The predicted octanol–water partition coefficient (Wildman–Crippen LogP) is 2.80. The molecule has 0 saturated carbocycles. The van der Waals surface area contributed by atoms with Gasteiger partial charge in [0.2, 0.25) is 0 Å². The lowest BCUT2D eigenvalue weighted by atomic mass is 10.1. The van der Waals surface area contributed by atoms with E-state index in [1.807, 2.05) is 0 Å². The SMILES string of the molecule is OCc1cn(-c2ncc(OCc3c(Cl)cccc3C(F)(F)F)cn2)nn1. The maximum absolute atomic E-state index is 13.1. The summed E-state index contributed by atoms with van der Waals surface area (Å²) in [5.74, 6) is 0.322. The Balaban J connectivity index is 1.75. The molecule has 2 aromatic heterocycles. The van der Waals surface area contributed by atoms with Crippen LogP contribution in [0.4, 0.5) is 13.2 Å². The van der Waals surface area contributed by atoms with Crippen molar-refractivity contribution in [3.63, 3.8) is 0 Å². The van der Waals surface area contributed by atoms with Crippen LogP contribution in [-0.4, -0.2) is 30.1 Å². The Morgan fingerprint density at radius 3 is 2.54 bits per heavy atom. The summed E-state index contributed by atoms with van der Waals surface area (Å²) in [5, 5.41) is 16.3. The van der Waals surface area contributed by atoms with Crippen molar-refractivity contribution in [3.05, 3.63) is 58.6 Å². The molecule has 3 rings (SSSR count). The van der Waals surface area contributed by atoms with Crippen LogP contribution in [0.1, 0.15) is 16.8 Å². The third-order valence-electron chi connectivity index (χ3n) is 3.33. The molecule has 0 spiro atoms. The molecule has 0 aliphatic heterocycles. The first-order valence-corrected chi connectivity index (χ1v) is 7.58. The minimum Gasteiger partial charge on any atom is -0.486 e. The van der Waals surface area contributed by atoms with Crippen LogP contribution >= 0.6 is 11.6 Å². The maximum atomic E-state index is 13.1. The molecule has 26 heavy (non-hydrogen) atoms. The molecule has 0 amide bonds. The zero-order valence-electron chi connectivity index (χ0n) is 13.0. The molecule has 1 aromatic carbocycles. The molecule has 2 heterocycles. The predicted molar refractivity (Wildman–Crippen MR) is 83.7 cm³/mol. The lowest BCUT2D eigenvalue weighted by Crippen LogP contribution is -2.11. The highest BCUT2D eigenvalue weighted by Gasteiger charge is 2.34. The minimum absolute atomic E-state index is 0.0449. The van der Waals surface area contributed by atoms with E-state index < -0.39 is 18.3 Å². The quantitative estimate of drug-likeness (QED) is 0.727. The smallest absolute Gasteiger partial charge is 0.416 e.